The largest absolute Gasteiger partial charge is 0.489 e. The van der Waals surface area contributed by atoms with E-state index < -0.39 is 5.95 Å². The zero-order valence-electron chi connectivity index (χ0n) is 14.5. The average molecular weight is 364 g/mol. The molecule has 1 N–H and O–H groups in total. The Bertz CT molecular complexity index is 760. The van der Waals surface area contributed by atoms with Gasteiger partial charge in [-0.2, -0.15) is 9.37 Å². The summed E-state index contributed by atoms with van der Waals surface area (Å²) in [5.74, 6) is 0.0603. The number of pyridine rings is 1. The molecule has 1 amide bonds. The van der Waals surface area contributed by atoms with Gasteiger partial charge in [0.15, 0.2) is 5.13 Å². The summed E-state index contributed by atoms with van der Waals surface area (Å²) in [5.41, 5.74) is 1.86. The predicted molar refractivity (Wildman–Crippen MR) is 94.4 cm³/mol. The Hall–Kier alpha value is -2.06. The van der Waals surface area contributed by atoms with E-state index in [0.717, 1.165) is 36.6 Å². The maximum Gasteiger partial charge on any atom is 0.230 e. The van der Waals surface area contributed by atoms with Gasteiger partial charge >= 0.3 is 0 Å². The maximum absolute atomic E-state index is 13.9. The number of halogens is 1. The van der Waals surface area contributed by atoms with Gasteiger partial charge in [-0.3, -0.25) is 14.7 Å². The standard InChI is InChI=1S/C17H21FN4O2S/c1-10-6-14(7-11(2)19-10)24-13-4-5-22(8-13)9-15-16(18)21-17(25-15)20-12(3)23/h6-7,13H,4-5,8-9H2,1-3H3,(H,20,21,23)/t13-/m1/s1. The molecule has 0 aliphatic carbocycles. The van der Waals surface area contributed by atoms with Gasteiger partial charge < -0.3 is 10.1 Å². The van der Waals surface area contributed by atoms with Crippen molar-refractivity contribution in [2.24, 2.45) is 0 Å². The lowest BCUT2D eigenvalue weighted by Crippen LogP contribution is -2.24. The highest BCUT2D eigenvalue weighted by molar-refractivity contribution is 7.15. The van der Waals surface area contributed by atoms with Crippen LogP contribution in [0.1, 0.15) is 29.6 Å². The number of nitrogens with zero attached hydrogens (tertiary/aromatic N) is 3. The molecule has 6 nitrogen and oxygen atoms in total. The monoisotopic (exact) mass is 364 g/mol. The van der Waals surface area contributed by atoms with E-state index in [1.807, 2.05) is 26.0 Å². The van der Waals surface area contributed by atoms with E-state index in [1.165, 1.54) is 18.3 Å². The third kappa shape index (κ3) is 4.73. The molecule has 0 unspecified atom stereocenters. The highest BCUT2D eigenvalue weighted by Crippen LogP contribution is 2.26. The number of anilines is 1. The summed E-state index contributed by atoms with van der Waals surface area (Å²) in [6.45, 7) is 7.30. The second-order valence-corrected chi connectivity index (χ2v) is 7.35. The van der Waals surface area contributed by atoms with E-state index in [1.54, 1.807) is 0 Å². The molecule has 3 heterocycles. The van der Waals surface area contributed by atoms with Crippen LogP contribution in [0.3, 0.4) is 0 Å². The van der Waals surface area contributed by atoms with Crippen LogP contribution < -0.4 is 10.1 Å². The average Bonchev–Trinajstić information content (AvgIpc) is 3.05. The highest BCUT2D eigenvalue weighted by atomic mass is 32.1. The van der Waals surface area contributed by atoms with Crippen molar-refractivity contribution in [3.05, 3.63) is 34.3 Å². The number of nitrogens with one attached hydrogen (secondary N) is 1. The van der Waals surface area contributed by atoms with Crippen molar-refractivity contribution in [2.45, 2.75) is 39.8 Å². The van der Waals surface area contributed by atoms with Crippen LogP contribution >= 0.6 is 11.3 Å². The molecule has 0 saturated carbocycles. The number of hydrogen-bond acceptors (Lipinski definition) is 6. The van der Waals surface area contributed by atoms with Crippen LogP contribution in [0.25, 0.3) is 0 Å². The fourth-order valence-electron chi connectivity index (χ4n) is 2.93. The zero-order valence-corrected chi connectivity index (χ0v) is 15.3. The molecule has 8 heteroatoms. The third-order valence-electron chi connectivity index (χ3n) is 3.89. The number of rotatable bonds is 5. The molecule has 3 rings (SSSR count). The third-order valence-corrected chi connectivity index (χ3v) is 4.82. The molecule has 0 bridgehead atoms. The van der Waals surface area contributed by atoms with Gasteiger partial charge in [0.05, 0.1) is 4.88 Å². The van der Waals surface area contributed by atoms with Crippen LogP contribution in [0.4, 0.5) is 9.52 Å². The van der Waals surface area contributed by atoms with Crippen LogP contribution in [0.2, 0.25) is 0 Å². The van der Waals surface area contributed by atoms with E-state index in [-0.39, 0.29) is 12.0 Å². The summed E-state index contributed by atoms with van der Waals surface area (Å²) < 4.78 is 20.0. The molecule has 1 saturated heterocycles. The van der Waals surface area contributed by atoms with Crippen molar-refractivity contribution in [1.82, 2.24) is 14.9 Å². The van der Waals surface area contributed by atoms with Gasteiger partial charge in [-0.15, -0.1) is 0 Å². The number of aromatic nitrogens is 2. The molecule has 0 spiro atoms. The molecule has 1 aliphatic rings. The van der Waals surface area contributed by atoms with Crippen molar-refractivity contribution in [2.75, 3.05) is 18.4 Å². The number of ether oxygens (including phenoxy) is 1. The van der Waals surface area contributed by atoms with Crippen molar-refractivity contribution < 1.29 is 13.9 Å². The molecule has 2 aromatic rings. The predicted octanol–water partition coefficient (Wildman–Crippen LogP) is 2.91. The van der Waals surface area contributed by atoms with Crippen LogP contribution in [0, 0.1) is 19.8 Å². The molecular formula is C17H21FN4O2S. The first kappa shape index (κ1) is 17.8. The van der Waals surface area contributed by atoms with Gasteiger partial charge in [0.25, 0.3) is 0 Å². The van der Waals surface area contributed by atoms with Crippen molar-refractivity contribution in [3.8, 4) is 5.75 Å². The summed E-state index contributed by atoms with van der Waals surface area (Å²) in [7, 11) is 0. The smallest absolute Gasteiger partial charge is 0.230 e. The molecule has 0 radical (unpaired) electrons. The first-order chi connectivity index (χ1) is 11.9. The van der Waals surface area contributed by atoms with Gasteiger partial charge in [0, 0.05) is 50.1 Å². The van der Waals surface area contributed by atoms with Crippen molar-refractivity contribution >= 4 is 22.4 Å². The summed E-state index contributed by atoms with van der Waals surface area (Å²) in [4.78, 5) is 21.8. The molecule has 1 atom stereocenters. The Morgan fingerprint density at radius 1 is 1.40 bits per heavy atom. The lowest BCUT2D eigenvalue weighted by Gasteiger charge is -2.16. The fourth-order valence-corrected chi connectivity index (χ4v) is 3.86. The second-order valence-electron chi connectivity index (χ2n) is 6.26. The summed E-state index contributed by atoms with van der Waals surface area (Å²) in [5, 5.41) is 2.82. The first-order valence-corrected chi connectivity index (χ1v) is 8.98. The number of carbonyl (C=O) groups is 1. The topological polar surface area (TPSA) is 67.4 Å². The fraction of sp³-hybridized carbons (Fsp3) is 0.471. The minimum absolute atomic E-state index is 0.0759. The van der Waals surface area contributed by atoms with Gasteiger partial charge in [0.1, 0.15) is 11.9 Å². The molecule has 1 aliphatic heterocycles. The van der Waals surface area contributed by atoms with Gasteiger partial charge in [0.2, 0.25) is 11.9 Å². The molecule has 1 fully saturated rings. The van der Waals surface area contributed by atoms with E-state index in [2.05, 4.69) is 20.2 Å². The minimum Gasteiger partial charge on any atom is -0.489 e. The Morgan fingerprint density at radius 3 is 2.80 bits per heavy atom. The Morgan fingerprint density at radius 2 is 2.12 bits per heavy atom. The number of carbonyl (C=O) groups excluding carboxylic acids is 1. The molecule has 2 aromatic heterocycles. The van der Waals surface area contributed by atoms with E-state index in [4.69, 9.17) is 4.74 Å². The number of aryl methyl sites for hydroxylation is 2. The summed E-state index contributed by atoms with van der Waals surface area (Å²) in [6, 6.07) is 3.86. The normalized spacial score (nSPS) is 17.7. The summed E-state index contributed by atoms with van der Waals surface area (Å²) >= 11 is 1.17. The Labute approximate surface area is 150 Å². The number of hydrogen-bond donors (Lipinski definition) is 1. The number of likely N-dealkylation sites (tertiary alicyclic amines) is 1. The summed E-state index contributed by atoms with van der Waals surface area (Å²) in [6.07, 6.45) is 0.964. The van der Waals surface area contributed by atoms with Gasteiger partial charge in [-0.25, -0.2) is 0 Å². The van der Waals surface area contributed by atoms with E-state index in [0.29, 0.717) is 16.6 Å². The molecular weight excluding hydrogens is 343 g/mol. The van der Waals surface area contributed by atoms with E-state index >= 15 is 0 Å². The van der Waals surface area contributed by atoms with Gasteiger partial charge in [-0.1, -0.05) is 11.3 Å². The van der Waals surface area contributed by atoms with Crippen LogP contribution in [-0.4, -0.2) is 40.0 Å². The molecule has 0 aromatic carbocycles. The van der Waals surface area contributed by atoms with Crippen LogP contribution in [-0.2, 0) is 11.3 Å². The van der Waals surface area contributed by atoms with E-state index in [9.17, 15) is 9.18 Å². The quantitative estimate of drug-likeness (QED) is 0.884. The number of amides is 1. The minimum atomic E-state index is -0.515. The van der Waals surface area contributed by atoms with Crippen molar-refractivity contribution in [1.29, 1.82) is 0 Å². The van der Waals surface area contributed by atoms with Gasteiger partial charge in [-0.05, 0) is 20.3 Å². The lowest BCUT2D eigenvalue weighted by molar-refractivity contribution is -0.114. The molecule has 25 heavy (non-hydrogen) atoms. The van der Waals surface area contributed by atoms with Crippen molar-refractivity contribution in [3.63, 3.8) is 0 Å². The molecule has 134 valence electrons. The maximum atomic E-state index is 13.9. The first-order valence-electron chi connectivity index (χ1n) is 8.16. The number of thiazole rings is 1. The SMILES string of the molecule is CC(=O)Nc1nc(F)c(CN2CC[C@@H](Oc3cc(C)nc(C)c3)C2)s1. The Kier molecular flexibility index (Phi) is 5.29. The van der Waals surface area contributed by atoms with Crippen LogP contribution in [0.5, 0.6) is 5.75 Å². The highest BCUT2D eigenvalue weighted by Gasteiger charge is 2.26. The second kappa shape index (κ2) is 7.45. The lowest BCUT2D eigenvalue weighted by atomic mass is 10.3. The van der Waals surface area contributed by atoms with Crippen LogP contribution in [0.15, 0.2) is 12.1 Å². The zero-order chi connectivity index (χ0) is 18.0. The Balaban J connectivity index is 1.58.